The standard InChI is InChI=1S/C10H10BrNO2/c11-6-4-7-9(13)2-1-3-14-10(7)8(12)5-6/h4-5H,1-3,12H2. The number of carbonyl (C=O) groups is 1. The number of nitrogens with two attached hydrogens (primary N) is 1. The highest BCUT2D eigenvalue weighted by Gasteiger charge is 2.19. The first-order chi connectivity index (χ1) is 6.68. The predicted octanol–water partition coefficient (Wildman–Crippen LogP) is 2.39. The Morgan fingerprint density at radius 1 is 1.43 bits per heavy atom. The molecule has 4 heteroatoms. The van der Waals surface area contributed by atoms with Crippen molar-refractivity contribution >= 4 is 27.4 Å². The highest BCUT2D eigenvalue weighted by atomic mass is 79.9. The fourth-order valence-electron chi connectivity index (χ4n) is 1.52. The second-order valence-corrected chi connectivity index (χ2v) is 4.16. The van der Waals surface area contributed by atoms with Crippen molar-refractivity contribution < 1.29 is 9.53 Å². The minimum absolute atomic E-state index is 0.102. The SMILES string of the molecule is Nc1cc(Br)cc2c1OCCCC2=O. The van der Waals surface area contributed by atoms with E-state index in [1.54, 1.807) is 12.1 Å². The lowest BCUT2D eigenvalue weighted by molar-refractivity contribution is 0.0983. The van der Waals surface area contributed by atoms with Gasteiger partial charge in [-0.3, -0.25) is 4.79 Å². The molecular formula is C10H10BrNO2. The number of halogens is 1. The number of ether oxygens (including phenoxy) is 1. The summed E-state index contributed by atoms with van der Waals surface area (Å²) in [5, 5.41) is 0. The van der Waals surface area contributed by atoms with E-state index >= 15 is 0 Å². The normalized spacial score (nSPS) is 15.6. The van der Waals surface area contributed by atoms with Crippen molar-refractivity contribution in [3.8, 4) is 5.75 Å². The molecule has 1 heterocycles. The Morgan fingerprint density at radius 2 is 2.21 bits per heavy atom. The minimum Gasteiger partial charge on any atom is -0.491 e. The summed E-state index contributed by atoms with van der Waals surface area (Å²) in [5.74, 6) is 0.640. The van der Waals surface area contributed by atoms with Gasteiger partial charge in [-0.2, -0.15) is 0 Å². The maximum atomic E-state index is 11.7. The van der Waals surface area contributed by atoms with E-state index in [2.05, 4.69) is 15.9 Å². The van der Waals surface area contributed by atoms with Crippen molar-refractivity contribution in [2.45, 2.75) is 12.8 Å². The maximum Gasteiger partial charge on any atom is 0.166 e. The molecule has 0 aromatic heterocycles. The fourth-order valence-corrected chi connectivity index (χ4v) is 2.00. The Morgan fingerprint density at radius 3 is 3.00 bits per heavy atom. The maximum absolute atomic E-state index is 11.7. The first-order valence-electron chi connectivity index (χ1n) is 4.43. The largest absolute Gasteiger partial charge is 0.491 e. The molecule has 0 saturated heterocycles. The molecule has 0 atom stereocenters. The number of fused-ring (bicyclic) bond motifs is 1. The zero-order valence-electron chi connectivity index (χ0n) is 7.55. The molecule has 0 fully saturated rings. The van der Waals surface area contributed by atoms with Crippen LogP contribution in [0.25, 0.3) is 0 Å². The van der Waals surface area contributed by atoms with E-state index in [4.69, 9.17) is 10.5 Å². The topological polar surface area (TPSA) is 52.3 Å². The van der Waals surface area contributed by atoms with Gasteiger partial charge in [0, 0.05) is 10.9 Å². The first-order valence-corrected chi connectivity index (χ1v) is 5.23. The van der Waals surface area contributed by atoms with Crippen molar-refractivity contribution in [1.29, 1.82) is 0 Å². The summed E-state index contributed by atoms with van der Waals surface area (Å²) in [6.45, 7) is 0.560. The van der Waals surface area contributed by atoms with Crippen LogP contribution in [0.5, 0.6) is 5.75 Å². The van der Waals surface area contributed by atoms with Crippen molar-refractivity contribution in [1.82, 2.24) is 0 Å². The molecule has 0 bridgehead atoms. The molecule has 14 heavy (non-hydrogen) atoms. The number of nitrogen functional groups attached to an aromatic ring is 1. The zero-order chi connectivity index (χ0) is 10.1. The monoisotopic (exact) mass is 255 g/mol. The van der Waals surface area contributed by atoms with Gasteiger partial charge in [-0.15, -0.1) is 0 Å². The van der Waals surface area contributed by atoms with E-state index in [-0.39, 0.29) is 5.78 Å². The second-order valence-electron chi connectivity index (χ2n) is 3.25. The number of benzene rings is 1. The number of rotatable bonds is 0. The summed E-state index contributed by atoms with van der Waals surface area (Å²) < 4.78 is 6.25. The molecule has 1 aromatic rings. The Bertz CT molecular complexity index is 390. The third kappa shape index (κ3) is 1.62. The van der Waals surface area contributed by atoms with E-state index in [0.717, 1.165) is 10.9 Å². The fraction of sp³-hybridized carbons (Fsp3) is 0.300. The van der Waals surface area contributed by atoms with Crippen LogP contribution in [0.2, 0.25) is 0 Å². The van der Waals surface area contributed by atoms with Gasteiger partial charge in [-0.1, -0.05) is 15.9 Å². The average molecular weight is 256 g/mol. The van der Waals surface area contributed by atoms with Gasteiger partial charge in [0.2, 0.25) is 0 Å². The van der Waals surface area contributed by atoms with Crippen LogP contribution in [0.1, 0.15) is 23.2 Å². The van der Waals surface area contributed by atoms with Crippen LogP contribution < -0.4 is 10.5 Å². The van der Waals surface area contributed by atoms with Crippen LogP contribution in [-0.4, -0.2) is 12.4 Å². The van der Waals surface area contributed by atoms with Crippen LogP contribution >= 0.6 is 15.9 Å². The summed E-state index contributed by atoms with van der Waals surface area (Å²) in [6.07, 6.45) is 1.29. The molecule has 3 nitrogen and oxygen atoms in total. The molecule has 0 aliphatic carbocycles. The summed E-state index contributed by atoms with van der Waals surface area (Å²) in [5.41, 5.74) is 6.88. The van der Waals surface area contributed by atoms with E-state index in [0.29, 0.717) is 30.0 Å². The lowest BCUT2D eigenvalue weighted by Gasteiger charge is -2.09. The number of hydrogen-bond donors (Lipinski definition) is 1. The highest BCUT2D eigenvalue weighted by Crippen LogP contribution is 2.33. The molecule has 0 spiro atoms. The predicted molar refractivity (Wildman–Crippen MR) is 57.6 cm³/mol. The first kappa shape index (κ1) is 9.52. The molecule has 0 amide bonds. The third-order valence-corrected chi connectivity index (χ3v) is 2.64. The van der Waals surface area contributed by atoms with Crippen LogP contribution in [0.3, 0.4) is 0 Å². The molecule has 2 rings (SSSR count). The molecule has 2 N–H and O–H groups in total. The number of carbonyl (C=O) groups excluding carboxylic acids is 1. The number of hydrogen-bond acceptors (Lipinski definition) is 3. The molecule has 0 radical (unpaired) electrons. The van der Waals surface area contributed by atoms with Gasteiger partial charge in [0.1, 0.15) is 0 Å². The zero-order valence-corrected chi connectivity index (χ0v) is 9.13. The van der Waals surface area contributed by atoms with Gasteiger partial charge in [-0.25, -0.2) is 0 Å². The minimum atomic E-state index is 0.102. The Hall–Kier alpha value is -1.03. The summed E-state index contributed by atoms with van der Waals surface area (Å²) in [7, 11) is 0. The Balaban J connectivity index is 2.58. The van der Waals surface area contributed by atoms with Gasteiger partial charge in [0.05, 0.1) is 17.9 Å². The van der Waals surface area contributed by atoms with Gasteiger partial charge in [0.15, 0.2) is 11.5 Å². The molecule has 74 valence electrons. The smallest absolute Gasteiger partial charge is 0.166 e. The van der Waals surface area contributed by atoms with Crippen LogP contribution in [0.15, 0.2) is 16.6 Å². The molecule has 0 unspecified atom stereocenters. The Kier molecular flexibility index (Phi) is 2.46. The number of anilines is 1. The van der Waals surface area contributed by atoms with Crippen molar-refractivity contribution in [3.05, 3.63) is 22.2 Å². The quantitative estimate of drug-likeness (QED) is 0.725. The van der Waals surface area contributed by atoms with E-state index in [1.165, 1.54) is 0 Å². The van der Waals surface area contributed by atoms with Gasteiger partial charge < -0.3 is 10.5 Å². The van der Waals surface area contributed by atoms with Crippen LogP contribution in [0.4, 0.5) is 5.69 Å². The van der Waals surface area contributed by atoms with Gasteiger partial charge in [-0.05, 0) is 18.6 Å². The van der Waals surface area contributed by atoms with Crippen LogP contribution in [-0.2, 0) is 0 Å². The number of Topliss-reactive ketones (excluding diaryl/α,β-unsaturated/α-hetero) is 1. The summed E-state index contributed by atoms with van der Waals surface area (Å²) >= 11 is 3.31. The highest BCUT2D eigenvalue weighted by molar-refractivity contribution is 9.10. The second kappa shape index (κ2) is 3.61. The number of ketones is 1. The van der Waals surface area contributed by atoms with E-state index < -0.39 is 0 Å². The molecule has 0 saturated carbocycles. The lowest BCUT2D eigenvalue weighted by atomic mass is 10.1. The molecule has 1 aliphatic heterocycles. The summed E-state index contributed by atoms with van der Waals surface area (Å²) in [6, 6.07) is 3.51. The molecule has 1 aromatic carbocycles. The molecular weight excluding hydrogens is 246 g/mol. The van der Waals surface area contributed by atoms with Crippen molar-refractivity contribution in [2.24, 2.45) is 0 Å². The van der Waals surface area contributed by atoms with Crippen molar-refractivity contribution in [2.75, 3.05) is 12.3 Å². The van der Waals surface area contributed by atoms with E-state index in [1.807, 2.05) is 0 Å². The third-order valence-electron chi connectivity index (χ3n) is 2.18. The van der Waals surface area contributed by atoms with Crippen molar-refractivity contribution in [3.63, 3.8) is 0 Å². The van der Waals surface area contributed by atoms with Gasteiger partial charge in [0.25, 0.3) is 0 Å². The summed E-state index contributed by atoms with van der Waals surface area (Å²) in [4.78, 5) is 11.7. The lowest BCUT2D eigenvalue weighted by Crippen LogP contribution is -2.01. The van der Waals surface area contributed by atoms with Gasteiger partial charge >= 0.3 is 0 Å². The molecule has 1 aliphatic rings. The Labute approximate surface area is 90.4 Å². The van der Waals surface area contributed by atoms with E-state index in [9.17, 15) is 4.79 Å². The average Bonchev–Trinajstić information content (AvgIpc) is 2.29. The van der Waals surface area contributed by atoms with Crippen LogP contribution in [0, 0.1) is 0 Å².